The molecule has 3 aromatic rings. The van der Waals surface area contributed by atoms with E-state index in [-0.39, 0.29) is 0 Å². The molecule has 0 radical (unpaired) electrons. The summed E-state index contributed by atoms with van der Waals surface area (Å²) in [6, 6.07) is 18.6. The van der Waals surface area contributed by atoms with Crippen molar-refractivity contribution < 1.29 is 0 Å². The molecule has 0 bridgehead atoms. The summed E-state index contributed by atoms with van der Waals surface area (Å²) in [7, 11) is 0. The lowest BCUT2D eigenvalue weighted by atomic mass is 10.1. The van der Waals surface area contributed by atoms with Gasteiger partial charge in [-0.25, -0.2) is 4.98 Å². The van der Waals surface area contributed by atoms with Crippen molar-refractivity contribution in [2.24, 2.45) is 0 Å². The smallest absolute Gasteiger partial charge is 0.229 e. The number of hydrogen-bond donors (Lipinski definition) is 1. The molecule has 0 aliphatic rings. The fraction of sp³-hybridized carbons (Fsp3) is 0.238. The van der Waals surface area contributed by atoms with E-state index in [9.17, 15) is 0 Å². The van der Waals surface area contributed by atoms with Crippen molar-refractivity contribution in [3.05, 3.63) is 77.5 Å². The highest BCUT2D eigenvalue weighted by atomic mass is 15.2. The van der Waals surface area contributed by atoms with Gasteiger partial charge < -0.3 is 10.2 Å². The van der Waals surface area contributed by atoms with Crippen molar-refractivity contribution in [1.82, 2.24) is 9.97 Å². The quantitative estimate of drug-likeness (QED) is 0.699. The van der Waals surface area contributed by atoms with Gasteiger partial charge in [0.2, 0.25) is 5.95 Å². The van der Waals surface area contributed by atoms with Crippen LogP contribution in [0.3, 0.4) is 0 Å². The summed E-state index contributed by atoms with van der Waals surface area (Å²) in [5.41, 5.74) is 4.78. The van der Waals surface area contributed by atoms with Crippen molar-refractivity contribution in [3.63, 3.8) is 0 Å². The number of rotatable bonds is 6. The molecule has 25 heavy (non-hydrogen) atoms. The van der Waals surface area contributed by atoms with Crippen molar-refractivity contribution in [1.29, 1.82) is 0 Å². The Morgan fingerprint density at radius 2 is 1.76 bits per heavy atom. The van der Waals surface area contributed by atoms with Gasteiger partial charge in [-0.05, 0) is 49.6 Å². The van der Waals surface area contributed by atoms with E-state index < -0.39 is 0 Å². The minimum Gasteiger partial charge on any atom is -0.352 e. The lowest BCUT2D eigenvalue weighted by Gasteiger charge is -2.22. The van der Waals surface area contributed by atoms with Gasteiger partial charge in [0.1, 0.15) is 5.82 Å². The second-order valence-electron chi connectivity index (χ2n) is 6.11. The van der Waals surface area contributed by atoms with Crippen molar-refractivity contribution in [2.75, 3.05) is 16.8 Å². The van der Waals surface area contributed by atoms with Crippen molar-refractivity contribution in [2.45, 2.75) is 27.3 Å². The molecule has 0 saturated heterocycles. The molecule has 2 aromatic carbocycles. The minimum atomic E-state index is 0.623. The van der Waals surface area contributed by atoms with Crippen molar-refractivity contribution >= 4 is 17.5 Å². The van der Waals surface area contributed by atoms with Gasteiger partial charge in [-0.3, -0.25) is 0 Å². The Labute approximate surface area is 149 Å². The Hall–Kier alpha value is -2.88. The maximum atomic E-state index is 4.71. The molecule has 0 spiro atoms. The minimum absolute atomic E-state index is 0.623. The van der Waals surface area contributed by atoms with Crippen LogP contribution in [-0.4, -0.2) is 16.5 Å². The molecule has 0 aliphatic heterocycles. The summed E-state index contributed by atoms with van der Waals surface area (Å²) in [6.07, 6.45) is 1.81. The third-order valence-electron chi connectivity index (χ3n) is 4.41. The zero-order valence-electron chi connectivity index (χ0n) is 15.0. The molecule has 4 heteroatoms. The van der Waals surface area contributed by atoms with E-state index in [2.05, 4.69) is 72.4 Å². The number of aromatic nitrogens is 2. The van der Waals surface area contributed by atoms with Gasteiger partial charge in [0, 0.05) is 25.0 Å². The summed E-state index contributed by atoms with van der Waals surface area (Å²) < 4.78 is 0. The lowest BCUT2D eigenvalue weighted by molar-refractivity contribution is 0.811. The van der Waals surface area contributed by atoms with E-state index in [0.29, 0.717) is 5.95 Å². The number of nitrogens with zero attached hydrogens (tertiary/aromatic N) is 3. The molecule has 0 unspecified atom stereocenters. The fourth-order valence-electron chi connectivity index (χ4n) is 2.75. The van der Waals surface area contributed by atoms with Crippen LogP contribution in [0, 0.1) is 13.8 Å². The zero-order valence-corrected chi connectivity index (χ0v) is 15.0. The average Bonchev–Trinajstić information content (AvgIpc) is 2.64. The monoisotopic (exact) mass is 332 g/mol. The van der Waals surface area contributed by atoms with Crippen LogP contribution < -0.4 is 10.2 Å². The highest BCUT2D eigenvalue weighted by Gasteiger charge is 2.09. The van der Waals surface area contributed by atoms with E-state index >= 15 is 0 Å². The van der Waals surface area contributed by atoms with E-state index in [4.69, 9.17) is 4.98 Å². The van der Waals surface area contributed by atoms with Crippen LogP contribution in [0.2, 0.25) is 0 Å². The molecular formula is C21H24N4. The molecule has 128 valence electrons. The zero-order chi connectivity index (χ0) is 17.6. The molecule has 0 amide bonds. The first-order valence-electron chi connectivity index (χ1n) is 8.62. The van der Waals surface area contributed by atoms with E-state index in [1.165, 1.54) is 16.7 Å². The molecule has 0 saturated carbocycles. The van der Waals surface area contributed by atoms with Crippen LogP contribution >= 0.6 is 0 Å². The van der Waals surface area contributed by atoms with Crippen LogP contribution in [0.5, 0.6) is 0 Å². The Bertz CT molecular complexity index is 830. The van der Waals surface area contributed by atoms with E-state index in [1.807, 2.05) is 24.4 Å². The van der Waals surface area contributed by atoms with Crippen LogP contribution in [0.4, 0.5) is 17.5 Å². The van der Waals surface area contributed by atoms with E-state index in [1.54, 1.807) is 0 Å². The normalized spacial score (nSPS) is 10.5. The topological polar surface area (TPSA) is 41.1 Å². The fourth-order valence-corrected chi connectivity index (χ4v) is 2.75. The maximum absolute atomic E-state index is 4.71. The lowest BCUT2D eigenvalue weighted by Crippen LogP contribution is -2.23. The summed E-state index contributed by atoms with van der Waals surface area (Å²) in [6.45, 7) is 8.07. The molecule has 1 N–H and O–H groups in total. The molecule has 1 aromatic heterocycles. The van der Waals surface area contributed by atoms with Crippen LogP contribution in [-0.2, 0) is 6.54 Å². The standard InChI is InChI=1S/C21H24N4/c1-4-25(15-18-10-6-5-7-11-18)20-13-14-22-21(24-20)23-19-12-8-9-16(2)17(19)3/h5-14H,4,15H2,1-3H3,(H,22,23,24). The first-order chi connectivity index (χ1) is 12.2. The second kappa shape index (κ2) is 7.79. The highest BCUT2D eigenvalue weighted by Crippen LogP contribution is 2.22. The average molecular weight is 332 g/mol. The SMILES string of the molecule is CCN(Cc1ccccc1)c1ccnc(Nc2cccc(C)c2C)n1. The number of aryl methyl sites for hydroxylation is 1. The maximum Gasteiger partial charge on any atom is 0.229 e. The van der Waals surface area contributed by atoms with Gasteiger partial charge in [-0.1, -0.05) is 42.5 Å². The second-order valence-corrected chi connectivity index (χ2v) is 6.11. The third kappa shape index (κ3) is 4.15. The molecule has 0 atom stereocenters. The predicted octanol–water partition coefficient (Wildman–Crippen LogP) is 4.86. The predicted molar refractivity (Wildman–Crippen MR) is 104 cm³/mol. The Morgan fingerprint density at radius 3 is 2.52 bits per heavy atom. The highest BCUT2D eigenvalue weighted by molar-refractivity contribution is 5.61. The Balaban J connectivity index is 1.81. The van der Waals surface area contributed by atoms with Gasteiger partial charge in [-0.2, -0.15) is 4.98 Å². The first-order valence-corrected chi connectivity index (χ1v) is 8.62. The van der Waals surface area contributed by atoms with Crippen molar-refractivity contribution in [3.8, 4) is 0 Å². The number of anilines is 3. The van der Waals surface area contributed by atoms with Gasteiger partial charge in [0.15, 0.2) is 0 Å². The summed E-state index contributed by atoms with van der Waals surface area (Å²) >= 11 is 0. The van der Waals surface area contributed by atoms with Crippen LogP contribution in [0.15, 0.2) is 60.8 Å². The van der Waals surface area contributed by atoms with E-state index in [0.717, 1.165) is 24.6 Å². The van der Waals surface area contributed by atoms with Crippen LogP contribution in [0.1, 0.15) is 23.6 Å². The summed E-state index contributed by atoms with van der Waals surface area (Å²) in [5, 5.41) is 3.35. The molecule has 0 fully saturated rings. The summed E-state index contributed by atoms with van der Waals surface area (Å²) in [4.78, 5) is 11.3. The van der Waals surface area contributed by atoms with Gasteiger partial charge in [-0.15, -0.1) is 0 Å². The number of hydrogen-bond acceptors (Lipinski definition) is 4. The Kier molecular flexibility index (Phi) is 5.29. The Morgan fingerprint density at radius 1 is 0.960 bits per heavy atom. The molecule has 4 nitrogen and oxygen atoms in total. The number of nitrogens with one attached hydrogen (secondary N) is 1. The molecular weight excluding hydrogens is 308 g/mol. The third-order valence-corrected chi connectivity index (χ3v) is 4.41. The molecule has 3 rings (SSSR count). The van der Waals surface area contributed by atoms with Gasteiger partial charge >= 0.3 is 0 Å². The number of benzene rings is 2. The van der Waals surface area contributed by atoms with Gasteiger partial charge in [0.05, 0.1) is 0 Å². The molecule has 1 heterocycles. The van der Waals surface area contributed by atoms with Gasteiger partial charge in [0.25, 0.3) is 0 Å². The summed E-state index contributed by atoms with van der Waals surface area (Å²) in [5.74, 6) is 1.55. The molecule has 0 aliphatic carbocycles. The largest absolute Gasteiger partial charge is 0.352 e. The van der Waals surface area contributed by atoms with Crippen LogP contribution in [0.25, 0.3) is 0 Å². The first kappa shape index (κ1) is 17.0.